The van der Waals surface area contributed by atoms with E-state index in [4.69, 9.17) is 9.31 Å². The minimum Gasteiger partial charge on any atom is -0.403 e. The second-order valence-corrected chi connectivity index (χ2v) is 3.12. The normalized spacial score (nSPS) is 22.2. The summed E-state index contributed by atoms with van der Waals surface area (Å²) in [6.07, 6.45) is 3.77. The van der Waals surface area contributed by atoms with Gasteiger partial charge in [-0.25, -0.2) is 0 Å². The number of hydrogen-bond acceptors (Lipinski definition) is 2. The highest BCUT2D eigenvalue weighted by molar-refractivity contribution is 6.61. The highest BCUT2D eigenvalue weighted by Crippen LogP contribution is 2.08. The summed E-state index contributed by atoms with van der Waals surface area (Å²) in [4.78, 5) is 0. The number of hydrogen-bond donors (Lipinski definition) is 0. The van der Waals surface area contributed by atoms with Gasteiger partial charge in [-0.2, -0.15) is 0 Å². The first-order valence-electron chi connectivity index (χ1n) is 4.32. The number of aromatic nitrogens is 1. The molecule has 1 fully saturated rings. The van der Waals surface area contributed by atoms with Crippen LogP contribution in [0.15, 0.2) is 31.0 Å². The second kappa shape index (κ2) is 3.40. The van der Waals surface area contributed by atoms with E-state index in [1.807, 2.05) is 29.9 Å². The Morgan fingerprint density at radius 1 is 1.77 bits per heavy atom. The molecule has 1 aromatic heterocycles. The van der Waals surface area contributed by atoms with E-state index < -0.39 is 0 Å². The van der Waals surface area contributed by atoms with E-state index in [0.29, 0.717) is 6.61 Å². The van der Waals surface area contributed by atoms with Crippen molar-refractivity contribution in [3.8, 4) is 0 Å². The van der Waals surface area contributed by atoms with Crippen LogP contribution in [0.2, 0.25) is 0 Å². The Hall–Kier alpha value is -0.995. The third kappa shape index (κ3) is 1.55. The number of nitrogens with zero attached hydrogens (tertiary/aromatic N) is 1. The molecule has 2 rings (SSSR count). The van der Waals surface area contributed by atoms with Crippen molar-refractivity contribution in [2.75, 3.05) is 6.61 Å². The van der Waals surface area contributed by atoms with E-state index in [0.717, 1.165) is 5.59 Å². The van der Waals surface area contributed by atoms with E-state index in [-0.39, 0.29) is 13.2 Å². The summed E-state index contributed by atoms with van der Waals surface area (Å²) in [6, 6.07) is 3.97. The van der Waals surface area contributed by atoms with E-state index in [2.05, 4.69) is 6.58 Å². The quantitative estimate of drug-likeness (QED) is 0.479. The monoisotopic (exact) mass is 177 g/mol. The highest BCUT2D eigenvalue weighted by Gasteiger charge is 2.33. The van der Waals surface area contributed by atoms with Gasteiger partial charge in [0.25, 0.3) is 0 Å². The lowest BCUT2D eigenvalue weighted by molar-refractivity contribution is 0.289. The Bertz CT molecular complexity index is 310. The summed E-state index contributed by atoms with van der Waals surface area (Å²) >= 11 is 0. The van der Waals surface area contributed by atoms with Crippen LogP contribution in [0.4, 0.5) is 0 Å². The van der Waals surface area contributed by atoms with Crippen molar-refractivity contribution in [3.63, 3.8) is 0 Å². The van der Waals surface area contributed by atoms with Gasteiger partial charge >= 0.3 is 7.12 Å². The van der Waals surface area contributed by atoms with Crippen LogP contribution in [0.5, 0.6) is 0 Å². The third-order valence-corrected chi connectivity index (χ3v) is 2.20. The first kappa shape index (κ1) is 8.60. The molecule has 1 unspecified atom stereocenters. The number of rotatable bonds is 2. The van der Waals surface area contributed by atoms with Crippen LogP contribution < -0.4 is 5.59 Å². The molecule has 4 heteroatoms. The minimum atomic E-state index is -0.233. The molecular formula is C9H12BNO2. The predicted molar refractivity (Wildman–Crippen MR) is 51.8 cm³/mol. The van der Waals surface area contributed by atoms with E-state index >= 15 is 0 Å². The van der Waals surface area contributed by atoms with Crippen LogP contribution in [-0.4, -0.2) is 24.4 Å². The predicted octanol–water partition coefficient (Wildman–Crippen LogP) is 0.322. The lowest BCUT2D eigenvalue weighted by Crippen LogP contribution is -2.36. The molecule has 1 aliphatic heterocycles. The standard InChI is InChI=1S/C9H12BNO2/c1-3-8-7-12-10(13-8)9-5-4-6-11(9)2/h3-6,8H,1,7H2,2H3. The van der Waals surface area contributed by atoms with Gasteiger partial charge in [0.05, 0.1) is 12.7 Å². The average Bonchev–Trinajstić information content (AvgIpc) is 2.71. The van der Waals surface area contributed by atoms with Crippen LogP contribution in [0.1, 0.15) is 0 Å². The van der Waals surface area contributed by atoms with E-state index in [1.54, 1.807) is 6.08 Å². The van der Waals surface area contributed by atoms with Gasteiger partial charge in [0, 0.05) is 18.8 Å². The molecule has 2 heterocycles. The van der Waals surface area contributed by atoms with Gasteiger partial charge in [0.15, 0.2) is 0 Å². The maximum absolute atomic E-state index is 5.57. The van der Waals surface area contributed by atoms with Gasteiger partial charge in [-0.1, -0.05) is 6.08 Å². The van der Waals surface area contributed by atoms with Crippen molar-refractivity contribution < 1.29 is 9.31 Å². The fourth-order valence-corrected chi connectivity index (χ4v) is 1.42. The molecule has 0 bridgehead atoms. The Kier molecular flexibility index (Phi) is 2.25. The molecule has 0 aromatic carbocycles. The summed E-state index contributed by atoms with van der Waals surface area (Å²) in [7, 11) is 1.74. The van der Waals surface area contributed by atoms with Crippen LogP contribution >= 0.6 is 0 Å². The van der Waals surface area contributed by atoms with Crippen molar-refractivity contribution in [1.29, 1.82) is 0 Å². The summed E-state index contributed by atoms with van der Waals surface area (Å²) < 4.78 is 13.0. The molecule has 1 aliphatic rings. The zero-order chi connectivity index (χ0) is 9.26. The van der Waals surface area contributed by atoms with Crippen molar-refractivity contribution in [3.05, 3.63) is 31.0 Å². The van der Waals surface area contributed by atoms with Crippen molar-refractivity contribution in [2.45, 2.75) is 6.10 Å². The molecule has 13 heavy (non-hydrogen) atoms. The van der Waals surface area contributed by atoms with Gasteiger partial charge in [-0.3, -0.25) is 0 Å². The third-order valence-electron chi connectivity index (χ3n) is 2.20. The Morgan fingerprint density at radius 2 is 2.62 bits per heavy atom. The Labute approximate surface area is 78.1 Å². The molecule has 0 radical (unpaired) electrons. The maximum atomic E-state index is 5.57. The zero-order valence-electron chi connectivity index (χ0n) is 7.64. The summed E-state index contributed by atoms with van der Waals surface area (Å²) in [5.41, 5.74) is 1.05. The number of aryl methyl sites for hydroxylation is 1. The first-order valence-corrected chi connectivity index (χ1v) is 4.32. The largest absolute Gasteiger partial charge is 0.511 e. The molecule has 3 nitrogen and oxygen atoms in total. The van der Waals surface area contributed by atoms with Gasteiger partial charge in [-0.05, 0) is 12.1 Å². The summed E-state index contributed by atoms with van der Waals surface area (Å²) in [5, 5.41) is 0. The topological polar surface area (TPSA) is 23.4 Å². The lowest BCUT2D eigenvalue weighted by atomic mass is 9.85. The van der Waals surface area contributed by atoms with E-state index in [9.17, 15) is 0 Å². The second-order valence-electron chi connectivity index (χ2n) is 3.12. The SMILES string of the molecule is C=CC1COB(c2cccn2C)O1. The fraction of sp³-hybridized carbons (Fsp3) is 0.333. The van der Waals surface area contributed by atoms with Crippen LogP contribution in [0.3, 0.4) is 0 Å². The van der Waals surface area contributed by atoms with Crippen molar-refractivity contribution >= 4 is 12.7 Å². The molecule has 1 atom stereocenters. The molecular weight excluding hydrogens is 165 g/mol. The Morgan fingerprint density at radius 3 is 3.15 bits per heavy atom. The Balaban J connectivity index is 2.12. The smallest absolute Gasteiger partial charge is 0.403 e. The summed E-state index contributed by atoms with van der Waals surface area (Å²) in [5.74, 6) is 0. The first-order chi connectivity index (χ1) is 6.31. The van der Waals surface area contributed by atoms with Crippen LogP contribution in [-0.2, 0) is 16.4 Å². The zero-order valence-corrected chi connectivity index (χ0v) is 7.64. The van der Waals surface area contributed by atoms with Crippen LogP contribution in [0.25, 0.3) is 0 Å². The maximum Gasteiger partial charge on any atom is 0.511 e. The van der Waals surface area contributed by atoms with Gasteiger partial charge in [0.1, 0.15) is 0 Å². The molecule has 1 aromatic rings. The molecule has 68 valence electrons. The fourth-order valence-electron chi connectivity index (χ4n) is 1.42. The summed E-state index contributed by atoms with van der Waals surface area (Å²) in [6.45, 7) is 4.27. The van der Waals surface area contributed by atoms with Crippen molar-refractivity contribution in [1.82, 2.24) is 4.57 Å². The molecule has 0 N–H and O–H groups in total. The van der Waals surface area contributed by atoms with E-state index in [1.165, 1.54) is 0 Å². The molecule has 1 saturated heterocycles. The van der Waals surface area contributed by atoms with Gasteiger partial charge < -0.3 is 13.9 Å². The van der Waals surface area contributed by atoms with Crippen LogP contribution in [0, 0.1) is 0 Å². The highest BCUT2D eigenvalue weighted by atomic mass is 16.6. The lowest BCUT2D eigenvalue weighted by Gasteiger charge is -2.05. The van der Waals surface area contributed by atoms with Crippen molar-refractivity contribution in [2.24, 2.45) is 7.05 Å². The molecule has 0 saturated carbocycles. The molecule has 0 spiro atoms. The van der Waals surface area contributed by atoms with Gasteiger partial charge in [0.2, 0.25) is 0 Å². The average molecular weight is 177 g/mol. The van der Waals surface area contributed by atoms with Gasteiger partial charge in [-0.15, -0.1) is 6.58 Å². The molecule has 0 amide bonds. The minimum absolute atomic E-state index is 0.0277. The molecule has 0 aliphatic carbocycles.